The van der Waals surface area contributed by atoms with Crippen molar-refractivity contribution in [2.75, 3.05) is 10.6 Å². The quantitative estimate of drug-likeness (QED) is 0.388. The SMILES string of the molecule is Cc1nnc(C(=O)Nc2ccc(-c3nnn(C)c3NC(=O)O[C@H](C)c3cc(F)cnc3F)nc2)o1. The molecule has 0 bridgehead atoms. The Bertz CT molecular complexity index is 1390. The van der Waals surface area contributed by atoms with Crippen LogP contribution in [0.3, 0.4) is 0 Å². The predicted octanol–water partition coefficient (Wildman–Crippen LogP) is 2.80. The second-order valence-corrected chi connectivity index (χ2v) is 7.13. The molecule has 0 aliphatic heterocycles. The standard InChI is InChI=1S/C20H17F2N9O4/c1-9(13-6-11(21)7-24-16(13)22)34-20(33)26-17-15(28-30-31(17)3)14-5-4-12(8-23-14)25-18(32)19-29-27-10(2)35-19/h4-9H,1-3H3,(H,25,32)(H,26,33)/t9-/m1/s1. The minimum atomic E-state index is -1.13. The van der Waals surface area contributed by atoms with Gasteiger partial charge in [-0.05, 0) is 25.1 Å². The molecular weight excluding hydrogens is 468 g/mol. The van der Waals surface area contributed by atoms with E-state index in [0.29, 0.717) is 11.4 Å². The molecular formula is C20H17F2N9O4. The Morgan fingerprint density at radius 3 is 2.60 bits per heavy atom. The summed E-state index contributed by atoms with van der Waals surface area (Å²) >= 11 is 0. The Balaban J connectivity index is 1.45. The first-order chi connectivity index (χ1) is 16.7. The van der Waals surface area contributed by atoms with Gasteiger partial charge in [-0.25, -0.2) is 18.9 Å². The van der Waals surface area contributed by atoms with Crippen LogP contribution < -0.4 is 10.6 Å². The third-order valence-electron chi connectivity index (χ3n) is 4.59. The number of nitrogens with zero attached hydrogens (tertiary/aromatic N) is 7. The van der Waals surface area contributed by atoms with Crippen LogP contribution in [0.4, 0.5) is 25.1 Å². The van der Waals surface area contributed by atoms with Crippen molar-refractivity contribution in [3.8, 4) is 11.4 Å². The smallest absolute Gasteiger partial charge is 0.413 e. The van der Waals surface area contributed by atoms with Crippen molar-refractivity contribution in [1.29, 1.82) is 0 Å². The summed E-state index contributed by atoms with van der Waals surface area (Å²) in [5, 5.41) is 20.1. The monoisotopic (exact) mass is 485 g/mol. The summed E-state index contributed by atoms with van der Waals surface area (Å²) in [6.07, 6.45) is -0.0256. The van der Waals surface area contributed by atoms with E-state index in [0.717, 1.165) is 12.3 Å². The van der Waals surface area contributed by atoms with Crippen LogP contribution in [0.2, 0.25) is 0 Å². The van der Waals surface area contributed by atoms with Crippen molar-refractivity contribution in [2.24, 2.45) is 7.05 Å². The van der Waals surface area contributed by atoms with Crippen molar-refractivity contribution in [1.82, 2.24) is 35.2 Å². The first-order valence-corrected chi connectivity index (χ1v) is 9.97. The molecule has 0 fully saturated rings. The van der Waals surface area contributed by atoms with Gasteiger partial charge < -0.3 is 14.5 Å². The minimum Gasteiger partial charge on any atom is -0.441 e. The molecule has 180 valence electrons. The molecule has 2 N–H and O–H groups in total. The van der Waals surface area contributed by atoms with Crippen LogP contribution in [0.1, 0.15) is 35.2 Å². The van der Waals surface area contributed by atoms with Crippen LogP contribution >= 0.6 is 0 Å². The zero-order valence-electron chi connectivity index (χ0n) is 18.5. The third kappa shape index (κ3) is 5.23. The van der Waals surface area contributed by atoms with Crippen molar-refractivity contribution in [3.05, 3.63) is 59.7 Å². The molecule has 35 heavy (non-hydrogen) atoms. The largest absolute Gasteiger partial charge is 0.441 e. The van der Waals surface area contributed by atoms with E-state index in [1.54, 1.807) is 13.0 Å². The molecule has 13 nitrogen and oxygen atoms in total. The highest BCUT2D eigenvalue weighted by Crippen LogP contribution is 2.26. The normalized spacial score (nSPS) is 11.7. The van der Waals surface area contributed by atoms with Gasteiger partial charge in [-0.2, -0.15) is 4.39 Å². The number of rotatable bonds is 6. The van der Waals surface area contributed by atoms with Crippen LogP contribution in [0.5, 0.6) is 0 Å². The number of halogens is 2. The van der Waals surface area contributed by atoms with Crippen molar-refractivity contribution in [3.63, 3.8) is 0 Å². The molecule has 2 amide bonds. The number of pyridine rings is 2. The molecule has 0 aromatic carbocycles. The average Bonchev–Trinajstić information content (AvgIpc) is 3.42. The number of aryl methyl sites for hydroxylation is 2. The molecule has 0 spiro atoms. The highest BCUT2D eigenvalue weighted by Gasteiger charge is 2.22. The number of amides is 2. The molecule has 4 aromatic rings. The van der Waals surface area contributed by atoms with Crippen LogP contribution in [-0.4, -0.2) is 47.2 Å². The van der Waals surface area contributed by atoms with Gasteiger partial charge in [-0.1, -0.05) is 5.21 Å². The number of carbonyl (C=O) groups excluding carboxylic acids is 2. The number of anilines is 2. The van der Waals surface area contributed by atoms with Gasteiger partial charge in [0.25, 0.3) is 0 Å². The van der Waals surface area contributed by atoms with Crippen LogP contribution in [0.15, 0.2) is 35.0 Å². The van der Waals surface area contributed by atoms with Gasteiger partial charge in [-0.15, -0.1) is 15.3 Å². The zero-order chi connectivity index (χ0) is 25.1. The van der Waals surface area contributed by atoms with Crippen LogP contribution in [-0.2, 0) is 11.8 Å². The molecule has 0 unspecified atom stereocenters. The Morgan fingerprint density at radius 1 is 1.11 bits per heavy atom. The molecule has 0 radical (unpaired) electrons. The lowest BCUT2D eigenvalue weighted by Gasteiger charge is -2.15. The fourth-order valence-electron chi connectivity index (χ4n) is 2.92. The van der Waals surface area contributed by atoms with Crippen molar-refractivity contribution in [2.45, 2.75) is 20.0 Å². The fourth-order valence-corrected chi connectivity index (χ4v) is 2.92. The van der Waals surface area contributed by atoms with E-state index in [2.05, 4.69) is 41.1 Å². The lowest BCUT2D eigenvalue weighted by atomic mass is 10.2. The van der Waals surface area contributed by atoms with Gasteiger partial charge in [0.2, 0.25) is 11.8 Å². The Hall–Kier alpha value is -4.82. The highest BCUT2D eigenvalue weighted by molar-refractivity contribution is 6.00. The molecule has 0 aliphatic rings. The molecule has 0 saturated heterocycles. The molecule has 0 aliphatic carbocycles. The van der Waals surface area contributed by atoms with Gasteiger partial charge in [0.05, 0.1) is 29.3 Å². The predicted molar refractivity (Wildman–Crippen MR) is 114 cm³/mol. The maximum Gasteiger partial charge on any atom is 0.413 e. The molecule has 4 rings (SSSR count). The average molecular weight is 485 g/mol. The molecule has 1 atom stereocenters. The number of aromatic nitrogens is 7. The Labute approximate surface area is 195 Å². The summed E-state index contributed by atoms with van der Waals surface area (Å²) in [5.74, 6) is -2.16. The minimum absolute atomic E-state index is 0.130. The summed E-state index contributed by atoms with van der Waals surface area (Å²) < 4.78 is 38.7. The molecule has 15 heteroatoms. The number of ether oxygens (including phenoxy) is 1. The number of carbonyl (C=O) groups is 2. The topological polar surface area (TPSA) is 163 Å². The molecule has 0 saturated carbocycles. The Morgan fingerprint density at radius 2 is 1.91 bits per heavy atom. The van der Waals surface area contributed by atoms with Crippen molar-refractivity contribution < 1.29 is 27.5 Å². The molecule has 4 heterocycles. The lowest BCUT2D eigenvalue weighted by Crippen LogP contribution is -2.19. The van der Waals surface area contributed by atoms with E-state index in [4.69, 9.17) is 9.15 Å². The van der Waals surface area contributed by atoms with E-state index in [1.807, 2.05) is 0 Å². The van der Waals surface area contributed by atoms with E-state index < -0.39 is 29.9 Å². The first-order valence-electron chi connectivity index (χ1n) is 9.97. The maximum atomic E-state index is 13.8. The first kappa shape index (κ1) is 23.3. The number of hydrogen-bond acceptors (Lipinski definition) is 10. The fraction of sp³-hybridized carbons (Fsp3) is 0.200. The summed E-state index contributed by atoms with van der Waals surface area (Å²) in [6.45, 7) is 2.92. The van der Waals surface area contributed by atoms with E-state index in [9.17, 15) is 18.4 Å². The van der Waals surface area contributed by atoms with Gasteiger partial charge >= 0.3 is 17.9 Å². The second-order valence-electron chi connectivity index (χ2n) is 7.13. The van der Waals surface area contributed by atoms with Gasteiger partial charge in [0.15, 0.2) is 11.5 Å². The van der Waals surface area contributed by atoms with Gasteiger partial charge in [-0.3, -0.25) is 15.1 Å². The van der Waals surface area contributed by atoms with Gasteiger partial charge in [0.1, 0.15) is 11.9 Å². The summed E-state index contributed by atoms with van der Waals surface area (Å²) in [5.41, 5.74) is 0.625. The lowest BCUT2D eigenvalue weighted by molar-refractivity contribution is 0.0988. The Kier molecular flexibility index (Phi) is 6.39. The van der Waals surface area contributed by atoms with E-state index in [-0.39, 0.29) is 28.9 Å². The van der Waals surface area contributed by atoms with Crippen molar-refractivity contribution >= 4 is 23.5 Å². The van der Waals surface area contributed by atoms with Gasteiger partial charge in [0, 0.05) is 14.0 Å². The number of nitrogens with one attached hydrogen (secondary N) is 2. The summed E-state index contributed by atoms with van der Waals surface area (Å²) in [6, 6.07) is 3.97. The van der Waals surface area contributed by atoms with E-state index in [1.165, 1.54) is 30.9 Å². The molecule has 4 aromatic heterocycles. The van der Waals surface area contributed by atoms with Crippen LogP contribution in [0, 0.1) is 18.7 Å². The maximum absolute atomic E-state index is 13.8. The summed E-state index contributed by atoms with van der Waals surface area (Å²) in [4.78, 5) is 32.0. The van der Waals surface area contributed by atoms with E-state index >= 15 is 0 Å². The third-order valence-corrected chi connectivity index (χ3v) is 4.59. The zero-order valence-corrected chi connectivity index (χ0v) is 18.5. The number of hydrogen-bond donors (Lipinski definition) is 2. The second kappa shape index (κ2) is 9.58. The summed E-state index contributed by atoms with van der Waals surface area (Å²) in [7, 11) is 1.52. The highest BCUT2D eigenvalue weighted by atomic mass is 19.1. The van der Waals surface area contributed by atoms with Crippen LogP contribution in [0.25, 0.3) is 11.4 Å².